The van der Waals surface area contributed by atoms with Crippen LogP contribution in [0, 0.1) is 5.82 Å². The van der Waals surface area contributed by atoms with E-state index in [4.69, 9.17) is 0 Å². The van der Waals surface area contributed by atoms with Crippen molar-refractivity contribution >= 4 is 5.91 Å². The summed E-state index contributed by atoms with van der Waals surface area (Å²) in [4.78, 5) is 12.5. The highest BCUT2D eigenvalue weighted by molar-refractivity contribution is 5.93. The number of hydrogen-bond donors (Lipinski definition) is 2. The zero-order valence-corrected chi connectivity index (χ0v) is 15.2. The number of aliphatic hydroxyl groups is 1. The van der Waals surface area contributed by atoms with Crippen LogP contribution in [-0.4, -0.2) is 33.5 Å². The zero-order valence-electron chi connectivity index (χ0n) is 15.2. The third kappa shape index (κ3) is 4.14. The lowest BCUT2D eigenvalue weighted by molar-refractivity contribution is -0.263. The van der Waals surface area contributed by atoms with Gasteiger partial charge in [0, 0.05) is 12.6 Å². The fourth-order valence-corrected chi connectivity index (χ4v) is 2.82. The summed E-state index contributed by atoms with van der Waals surface area (Å²) >= 11 is 0. The molecule has 0 saturated heterocycles. The first-order valence-electron chi connectivity index (χ1n) is 8.54. The van der Waals surface area contributed by atoms with Crippen molar-refractivity contribution in [2.45, 2.75) is 11.8 Å². The van der Waals surface area contributed by atoms with E-state index >= 15 is 0 Å². The van der Waals surface area contributed by atoms with Crippen molar-refractivity contribution in [3.05, 3.63) is 77.7 Å². The minimum Gasteiger partial charge on any atom is -0.375 e. The van der Waals surface area contributed by atoms with E-state index in [0.717, 1.165) is 12.1 Å². The van der Waals surface area contributed by atoms with E-state index in [1.165, 1.54) is 60.3 Å². The van der Waals surface area contributed by atoms with Crippen molar-refractivity contribution in [2.75, 3.05) is 6.54 Å². The summed E-state index contributed by atoms with van der Waals surface area (Å²) in [5.41, 5.74) is -2.75. The van der Waals surface area contributed by atoms with Gasteiger partial charge in [-0.25, -0.2) is 4.39 Å². The minimum atomic E-state index is -5.01. The Morgan fingerprint density at radius 2 is 1.72 bits per heavy atom. The molecule has 1 heterocycles. The fraction of sp³-hybridized carbons (Fsp3) is 0.200. The first kappa shape index (κ1) is 20.5. The van der Waals surface area contributed by atoms with Gasteiger partial charge in [-0.2, -0.15) is 18.3 Å². The number of carbonyl (C=O) groups is 1. The minimum absolute atomic E-state index is 0.0121. The first-order chi connectivity index (χ1) is 13.6. The molecule has 0 aliphatic carbocycles. The zero-order chi connectivity index (χ0) is 21.2. The van der Waals surface area contributed by atoms with Crippen LogP contribution in [0.4, 0.5) is 17.6 Å². The predicted octanol–water partition coefficient (Wildman–Crippen LogP) is 3.41. The van der Waals surface area contributed by atoms with Gasteiger partial charge >= 0.3 is 6.18 Å². The molecular weight excluding hydrogens is 390 g/mol. The monoisotopic (exact) mass is 407 g/mol. The standard InChI is InChI=1S/C20H17F4N3O2/c1-27-17(11-16(26-27)13-7-9-15(21)10-8-13)18(28)25-12-19(29,20(22,23)24)14-5-3-2-4-6-14/h2-11,29H,12H2,1H3,(H,25,28)/t19-/m1/s1. The maximum atomic E-state index is 13.5. The number of carbonyl (C=O) groups excluding carboxylic acids is 1. The van der Waals surface area contributed by atoms with E-state index in [1.807, 2.05) is 0 Å². The molecule has 1 atom stereocenters. The maximum Gasteiger partial charge on any atom is 0.423 e. The van der Waals surface area contributed by atoms with E-state index < -0.39 is 30.0 Å². The Morgan fingerprint density at radius 3 is 2.31 bits per heavy atom. The number of rotatable bonds is 5. The van der Waals surface area contributed by atoms with Gasteiger partial charge in [0.05, 0.1) is 12.2 Å². The Morgan fingerprint density at radius 1 is 1.10 bits per heavy atom. The van der Waals surface area contributed by atoms with Crippen molar-refractivity contribution in [1.29, 1.82) is 0 Å². The van der Waals surface area contributed by atoms with Crippen LogP contribution in [0.1, 0.15) is 16.1 Å². The molecule has 0 fully saturated rings. The Balaban J connectivity index is 1.82. The van der Waals surface area contributed by atoms with Crippen LogP contribution in [0.5, 0.6) is 0 Å². The number of aryl methyl sites for hydroxylation is 1. The molecule has 0 unspecified atom stereocenters. The van der Waals surface area contributed by atoms with E-state index in [1.54, 1.807) is 0 Å². The van der Waals surface area contributed by atoms with Crippen LogP contribution < -0.4 is 5.32 Å². The third-order valence-electron chi connectivity index (χ3n) is 4.48. The molecule has 3 aromatic rings. The molecule has 152 valence electrons. The van der Waals surface area contributed by atoms with Gasteiger partial charge in [-0.1, -0.05) is 30.3 Å². The Hall–Kier alpha value is -3.20. The summed E-state index contributed by atoms with van der Waals surface area (Å²) in [6.07, 6.45) is -5.01. The van der Waals surface area contributed by atoms with Gasteiger partial charge in [-0.3, -0.25) is 9.48 Å². The van der Waals surface area contributed by atoms with Crippen molar-refractivity contribution in [2.24, 2.45) is 7.05 Å². The van der Waals surface area contributed by atoms with Crippen molar-refractivity contribution in [3.63, 3.8) is 0 Å². The van der Waals surface area contributed by atoms with Crippen molar-refractivity contribution in [3.8, 4) is 11.3 Å². The third-order valence-corrected chi connectivity index (χ3v) is 4.48. The first-order valence-corrected chi connectivity index (χ1v) is 8.54. The molecule has 2 aromatic carbocycles. The van der Waals surface area contributed by atoms with Crippen LogP contribution in [0.2, 0.25) is 0 Å². The smallest absolute Gasteiger partial charge is 0.375 e. The van der Waals surface area contributed by atoms with Gasteiger partial charge in [-0.05, 0) is 35.9 Å². The Labute approximate surface area is 163 Å². The Kier molecular flexibility index (Phi) is 5.43. The average Bonchev–Trinajstić information content (AvgIpc) is 3.08. The van der Waals surface area contributed by atoms with Gasteiger partial charge in [-0.15, -0.1) is 0 Å². The molecule has 29 heavy (non-hydrogen) atoms. The summed E-state index contributed by atoms with van der Waals surface area (Å²) in [5, 5.41) is 16.6. The quantitative estimate of drug-likeness (QED) is 0.637. The van der Waals surface area contributed by atoms with Crippen LogP contribution in [0.3, 0.4) is 0 Å². The van der Waals surface area contributed by atoms with Crippen LogP contribution >= 0.6 is 0 Å². The second kappa shape index (κ2) is 7.67. The molecule has 1 aromatic heterocycles. The highest BCUT2D eigenvalue weighted by Gasteiger charge is 2.55. The maximum absolute atomic E-state index is 13.5. The number of nitrogens with one attached hydrogen (secondary N) is 1. The van der Waals surface area contributed by atoms with Crippen molar-refractivity contribution in [1.82, 2.24) is 15.1 Å². The molecule has 2 N–H and O–H groups in total. The number of amides is 1. The number of nitrogens with zero attached hydrogens (tertiary/aromatic N) is 2. The summed E-state index contributed by atoms with van der Waals surface area (Å²) in [6, 6.07) is 13.3. The van der Waals surface area contributed by atoms with Crippen LogP contribution in [-0.2, 0) is 12.6 Å². The lowest BCUT2D eigenvalue weighted by Crippen LogP contribution is -2.51. The number of halogens is 4. The van der Waals surface area contributed by atoms with Gasteiger partial charge in [0.15, 0.2) is 0 Å². The Bertz CT molecular complexity index is 1000. The lowest BCUT2D eigenvalue weighted by Gasteiger charge is -2.31. The molecule has 0 aliphatic rings. The molecule has 0 bridgehead atoms. The largest absolute Gasteiger partial charge is 0.423 e. The normalized spacial score (nSPS) is 13.7. The van der Waals surface area contributed by atoms with E-state index in [-0.39, 0.29) is 11.3 Å². The lowest BCUT2D eigenvalue weighted by atomic mass is 9.93. The number of benzene rings is 2. The van der Waals surface area contributed by atoms with Crippen LogP contribution in [0.15, 0.2) is 60.7 Å². The molecule has 0 spiro atoms. The molecular formula is C20H17F4N3O2. The average molecular weight is 407 g/mol. The van der Waals surface area contributed by atoms with Gasteiger partial charge < -0.3 is 10.4 Å². The number of alkyl halides is 3. The van der Waals surface area contributed by atoms with Crippen molar-refractivity contribution < 1.29 is 27.5 Å². The van der Waals surface area contributed by atoms with E-state index in [0.29, 0.717) is 11.3 Å². The number of hydrogen-bond acceptors (Lipinski definition) is 3. The summed E-state index contributed by atoms with van der Waals surface area (Å²) in [6.45, 7) is -1.07. The summed E-state index contributed by atoms with van der Waals surface area (Å²) in [7, 11) is 1.45. The highest BCUT2D eigenvalue weighted by atomic mass is 19.4. The molecule has 9 heteroatoms. The van der Waals surface area contributed by atoms with Gasteiger partial charge in [0.25, 0.3) is 5.91 Å². The SMILES string of the molecule is Cn1nc(-c2ccc(F)cc2)cc1C(=O)NC[C@@](O)(c1ccccc1)C(F)(F)F. The van der Waals surface area contributed by atoms with Gasteiger partial charge in [0.1, 0.15) is 11.5 Å². The summed E-state index contributed by atoms with van der Waals surface area (Å²) < 4.78 is 54.8. The van der Waals surface area contributed by atoms with E-state index in [9.17, 15) is 27.5 Å². The predicted molar refractivity (Wildman–Crippen MR) is 97.3 cm³/mol. The molecule has 0 radical (unpaired) electrons. The molecule has 3 rings (SSSR count). The fourth-order valence-electron chi connectivity index (χ4n) is 2.82. The van der Waals surface area contributed by atoms with Crippen LogP contribution in [0.25, 0.3) is 11.3 Å². The molecule has 0 saturated carbocycles. The summed E-state index contributed by atoms with van der Waals surface area (Å²) in [5.74, 6) is -1.28. The highest BCUT2D eigenvalue weighted by Crippen LogP contribution is 2.38. The second-order valence-electron chi connectivity index (χ2n) is 6.45. The topological polar surface area (TPSA) is 67.2 Å². The second-order valence-corrected chi connectivity index (χ2v) is 6.45. The molecule has 0 aliphatic heterocycles. The van der Waals surface area contributed by atoms with Gasteiger partial charge in [0.2, 0.25) is 5.60 Å². The van der Waals surface area contributed by atoms with E-state index in [2.05, 4.69) is 10.4 Å². The molecule has 5 nitrogen and oxygen atoms in total. The number of aromatic nitrogens is 2. The molecule has 1 amide bonds.